The van der Waals surface area contributed by atoms with Gasteiger partial charge in [0.15, 0.2) is 0 Å². The van der Waals surface area contributed by atoms with Crippen molar-refractivity contribution >= 4 is 5.69 Å². The van der Waals surface area contributed by atoms with Crippen LogP contribution in [-0.2, 0) is 6.54 Å². The van der Waals surface area contributed by atoms with Crippen molar-refractivity contribution in [3.63, 3.8) is 0 Å². The molecule has 0 bridgehead atoms. The number of aromatic nitrogens is 1. The van der Waals surface area contributed by atoms with Gasteiger partial charge in [0.2, 0.25) is 0 Å². The molecule has 2 aromatic rings. The van der Waals surface area contributed by atoms with Crippen LogP contribution in [0.2, 0.25) is 0 Å². The van der Waals surface area contributed by atoms with E-state index in [4.69, 9.17) is 5.26 Å². The van der Waals surface area contributed by atoms with Gasteiger partial charge < -0.3 is 4.90 Å². The van der Waals surface area contributed by atoms with Crippen molar-refractivity contribution in [3.8, 4) is 6.07 Å². The highest BCUT2D eigenvalue weighted by Crippen LogP contribution is 2.21. The van der Waals surface area contributed by atoms with Gasteiger partial charge in [0.25, 0.3) is 0 Å². The van der Waals surface area contributed by atoms with E-state index in [9.17, 15) is 0 Å². The molecule has 0 saturated heterocycles. The van der Waals surface area contributed by atoms with Gasteiger partial charge in [0, 0.05) is 13.2 Å². The van der Waals surface area contributed by atoms with Gasteiger partial charge in [0.05, 0.1) is 23.5 Å². The van der Waals surface area contributed by atoms with Crippen LogP contribution in [0.3, 0.4) is 0 Å². The first kappa shape index (κ1) is 12.1. The zero-order chi connectivity index (χ0) is 13.0. The van der Waals surface area contributed by atoms with Crippen LogP contribution in [0.4, 0.5) is 5.69 Å². The smallest absolute Gasteiger partial charge is 0.101 e. The van der Waals surface area contributed by atoms with Crippen molar-refractivity contribution in [1.29, 1.82) is 5.26 Å². The molecule has 2 rings (SSSR count). The van der Waals surface area contributed by atoms with Crippen molar-refractivity contribution < 1.29 is 0 Å². The van der Waals surface area contributed by atoms with Gasteiger partial charge in [-0.15, -0.1) is 0 Å². The summed E-state index contributed by atoms with van der Waals surface area (Å²) in [7, 11) is 1.97. The van der Waals surface area contributed by atoms with E-state index in [0.717, 1.165) is 16.9 Å². The fourth-order valence-corrected chi connectivity index (χ4v) is 1.89. The standard InChI is InChI=1S/C15H15N3/c1-12-6-7-15(13(9-12)10-16)18(2)11-14-5-3-4-8-17-14/h3-9H,11H2,1-2H3. The van der Waals surface area contributed by atoms with Gasteiger partial charge in [-0.25, -0.2) is 0 Å². The highest BCUT2D eigenvalue weighted by Gasteiger charge is 2.08. The first-order valence-electron chi connectivity index (χ1n) is 5.82. The number of hydrogen-bond donors (Lipinski definition) is 0. The summed E-state index contributed by atoms with van der Waals surface area (Å²) in [6.07, 6.45) is 1.78. The van der Waals surface area contributed by atoms with Crippen molar-refractivity contribution in [1.82, 2.24) is 4.98 Å². The monoisotopic (exact) mass is 237 g/mol. The van der Waals surface area contributed by atoms with Crippen LogP contribution < -0.4 is 4.90 Å². The molecule has 0 fully saturated rings. The molecule has 0 saturated carbocycles. The number of pyridine rings is 1. The summed E-state index contributed by atoms with van der Waals surface area (Å²) in [6.45, 7) is 2.68. The maximum absolute atomic E-state index is 9.17. The van der Waals surface area contributed by atoms with Crippen LogP contribution in [0.15, 0.2) is 42.6 Å². The second kappa shape index (κ2) is 5.33. The summed E-state index contributed by atoms with van der Waals surface area (Å²) in [4.78, 5) is 6.33. The zero-order valence-corrected chi connectivity index (χ0v) is 10.6. The quantitative estimate of drug-likeness (QED) is 0.824. The van der Waals surface area contributed by atoms with Crippen molar-refractivity contribution in [3.05, 3.63) is 59.4 Å². The van der Waals surface area contributed by atoms with Gasteiger partial charge in [-0.05, 0) is 36.8 Å². The van der Waals surface area contributed by atoms with Crippen LogP contribution in [0, 0.1) is 18.3 Å². The van der Waals surface area contributed by atoms with Gasteiger partial charge in [-0.2, -0.15) is 5.26 Å². The van der Waals surface area contributed by atoms with E-state index in [1.165, 1.54) is 0 Å². The van der Waals surface area contributed by atoms with E-state index in [1.54, 1.807) is 6.20 Å². The van der Waals surface area contributed by atoms with E-state index in [2.05, 4.69) is 11.1 Å². The summed E-state index contributed by atoms with van der Waals surface area (Å²) in [5.41, 5.74) is 3.73. The predicted octanol–water partition coefficient (Wildman–Crippen LogP) is 2.90. The fraction of sp³-hybridized carbons (Fsp3) is 0.200. The molecule has 0 aliphatic rings. The van der Waals surface area contributed by atoms with E-state index < -0.39 is 0 Å². The Kier molecular flexibility index (Phi) is 3.59. The second-order valence-corrected chi connectivity index (χ2v) is 4.31. The summed E-state index contributed by atoms with van der Waals surface area (Å²) in [6, 6.07) is 14.0. The molecule has 0 unspecified atom stereocenters. The van der Waals surface area contributed by atoms with Crippen LogP contribution in [0.1, 0.15) is 16.8 Å². The van der Waals surface area contributed by atoms with E-state index in [1.807, 2.05) is 55.3 Å². The summed E-state index contributed by atoms with van der Waals surface area (Å²) in [5.74, 6) is 0. The van der Waals surface area contributed by atoms with Gasteiger partial charge in [0.1, 0.15) is 6.07 Å². The number of benzene rings is 1. The lowest BCUT2D eigenvalue weighted by atomic mass is 10.1. The molecule has 3 nitrogen and oxygen atoms in total. The minimum atomic E-state index is 0.693. The molecule has 0 aliphatic heterocycles. The van der Waals surface area contributed by atoms with Gasteiger partial charge >= 0.3 is 0 Å². The molecule has 0 spiro atoms. The summed E-state index contributed by atoms with van der Waals surface area (Å²) < 4.78 is 0. The van der Waals surface area contributed by atoms with E-state index in [-0.39, 0.29) is 0 Å². The number of nitriles is 1. The SMILES string of the molecule is Cc1ccc(N(C)Cc2ccccn2)c(C#N)c1. The normalized spacial score (nSPS) is 9.83. The molecule has 0 radical (unpaired) electrons. The molecule has 90 valence electrons. The third-order valence-corrected chi connectivity index (χ3v) is 2.81. The Morgan fingerprint density at radius 3 is 2.78 bits per heavy atom. The predicted molar refractivity (Wildman–Crippen MR) is 72.2 cm³/mol. The fourth-order valence-electron chi connectivity index (χ4n) is 1.89. The Bertz CT molecular complexity index is 570. The lowest BCUT2D eigenvalue weighted by molar-refractivity contribution is 0.883. The number of hydrogen-bond acceptors (Lipinski definition) is 3. The molecule has 0 N–H and O–H groups in total. The molecule has 1 heterocycles. The molecule has 0 atom stereocenters. The molecule has 18 heavy (non-hydrogen) atoms. The molecule has 3 heteroatoms. The average molecular weight is 237 g/mol. The minimum Gasteiger partial charge on any atom is -0.368 e. The Labute approximate surface area is 107 Å². The number of aryl methyl sites for hydroxylation is 1. The number of nitrogens with zero attached hydrogens (tertiary/aromatic N) is 3. The molecular weight excluding hydrogens is 222 g/mol. The van der Waals surface area contributed by atoms with Crippen molar-refractivity contribution in [2.75, 3.05) is 11.9 Å². The minimum absolute atomic E-state index is 0.693. The second-order valence-electron chi connectivity index (χ2n) is 4.31. The molecule has 1 aromatic carbocycles. The van der Waals surface area contributed by atoms with Crippen LogP contribution in [0.25, 0.3) is 0 Å². The molecule has 0 aliphatic carbocycles. The van der Waals surface area contributed by atoms with Crippen molar-refractivity contribution in [2.24, 2.45) is 0 Å². The Morgan fingerprint density at radius 2 is 2.11 bits per heavy atom. The zero-order valence-electron chi connectivity index (χ0n) is 10.6. The van der Waals surface area contributed by atoms with Crippen LogP contribution in [-0.4, -0.2) is 12.0 Å². The lowest BCUT2D eigenvalue weighted by Crippen LogP contribution is -2.18. The van der Waals surface area contributed by atoms with Crippen LogP contribution >= 0.6 is 0 Å². The Morgan fingerprint density at radius 1 is 1.28 bits per heavy atom. The molecule has 0 amide bonds. The van der Waals surface area contributed by atoms with Crippen molar-refractivity contribution in [2.45, 2.75) is 13.5 Å². The molecular formula is C15H15N3. The largest absolute Gasteiger partial charge is 0.368 e. The summed E-state index contributed by atoms with van der Waals surface area (Å²) >= 11 is 0. The molecule has 1 aromatic heterocycles. The Hall–Kier alpha value is -2.34. The van der Waals surface area contributed by atoms with E-state index in [0.29, 0.717) is 12.1 Å². The highest BCUT2D eigenvalue weighted by molar-refractivity contribution is 5.60. The maximum atomic E-state index is 9.17. The average Bonchev–Trinajstić information content (AvgIpc) is 2.39. The first-order chi connectivity index (χ1) is 8.70. The topological polar surface area (TPSA) is 39.9 Å². The number of anilines is 1. The number of rotatable bonds is 3. The van der Waals surface area contributed by atoms with Gasteiger partial charge in [-0.3, -0.25) is 4.98 Å². The third kappa shape index (κ3) is 2.67. The lowest BCUT2D eigenvalue weighted by Gasteiger charge is -2.20. The highest BCUT2D eigenvalue weighted by atomic mass is 15.1. The Balaban J connectivity index is 2.24. The van der Waals surface area contributed by atoms with Gasteiger partial charge in [-0.1, -0.05) is 12.1 Å². The first-order valence-corrected chi connectivity index (χ1v) is 5.82. The maximum Gasteiger partial charge on any atom is 0.101 e. The van der Waals surface area contributed by atoms with Crippen LogP contribution in [0.5, 0.6) is 0 Å². The van der Waals surface area contributed by atoms with E-state index >= 15 is 0 Å². The third-order valence-electron chi connectivity index (χ3n) is 2.81. The summed E-state index contributed by atoms with van der Waals surface area (Å²) in [5, 5.41) is 9.17.